The first-order valence-electron chi connectivity index (χ1n) is 37.2. The van der Waals surface area contributed by atoms with E-state index in [1.807, 2.05) is 0 Å². The molecule has 542 valence electrons. The lowest BCUT2D eigenvalue weighted by molar-refractivity contribution is -0.161. The van der Waals surface area contributed by atoms with Gasteiger partial charge in [0.2, 0.25) is 0 Å². The van der Waals surface area contributed by atoms with Crippen molar-refractivity contribution in [3.8, 4) is 0 Å². The highest BCUT2D eigenvalue weighted by molar-refractivity contribution is 7.47. The Hall–Kier alpha value is -2.46. The highest BCUT2D eigenvalue weighted by Crippen LogP contribution is 2.45. The molecule has 0 aromatic heterocycles. The summed E-state index contributed by atoms with van der Waals surface area (Å²) in [5.74, 6) is 0.0610. The van der Waals surface area contributed by atoms with Gasteiger partial charge in [-0.2, -0.15) is 0 Å². The topological polar surface area (TPSA) is 237 Å². The maximum absolute atomic E-state index is 13.0. The van der Waals surface area contributed by atoms with Crippen molar-refractivity contribution in [3.63, 3.8) is 0 Å². The van der Waals surface area contributed by atoms with Gasteiger partial charge in [0.1, 0.15) is 19.3 Å². The van der Waals surface area contributed by atoms with Crippen molar-refractivity contribution in [2.24, 2.45) is 17.8 Å². The number of aliphatic hydroxyl groups is 1. The number of phosphoric acid groups is 2. The Kier molecular flexibility index (Phi) is 61.6. The summed E-state index contributed by atoms with van der Waals surface area (Å²) < 4.78 is 68.3. The number of hydrogen-bond acceptors (Lipinski definition) is 15. The minimum Gasteiger partial charge on any atom is -0.462 e. The number of rotatable bonds is 69. The molecule has 0 radical (unpaired) electrons. The van der Waals surface area contributed by atoms with Crippen molar-refractivity contribution in [2.45, 2.75) is 362 Å². The summed E-state index contributed by atoms with van der Waals surface area (Å²) in [6.45, 7) is 11.7. The van der Waals surface area contributed by atoms with Gasteiger partial charge in [-0.15, -0.1) is 0 Å². The number of unbranched alkanes of at least 4 members (excludes halogenated alkanes) is 33. The smallest absolute Gasteiger partial charge is 0.462 e. The number of ether oxygens (including phenoxy) is 4. The predicted molar refractivity (Wildman–Crippen MR) is 372 cm³/mol. The maximum atomic E-state index is 13.0. The highest BCUT2D eigenvalue weighted by Gasteiger charge is 2.30. The van der Waals surface area contributed by atoms with Crippen molar-refractivity contribution in [2.75, 3.05) is 39.6 Å². The number of aliphatic hydroxyl groups excluding tert-OH is 1. The third-order valence-electron chi connectivity index (χ3n) is 16.6. The van der Waals surface area contributed by atoms with Crippen LogP contribution in [0, 0.1) is 17.8 Å². The highest BCUT2D eigenvalue weighted by atomic mass is 31.2. The van der Waals surface area contributed by atoms with Crippen molar-refractivity contribution < 1.29 is 80.2 Å². The van der Waals surface area contributed by atoms with Crippen molar-refractivity contribution >= 4 is 39.5 Å². The quantitative estimate of drug-likeness (QED) is 0.0169. The molecule has 19 heteroatoms. The molecule has 0 fully saturated rings. The fourth-order valence-corrected chi connectivity index (χ4v) is 12.1. The molecular weight excluding hydrogens is 1210 g/mol. The molecule has 0 bridgehead atoms. The van der Waals surface area contributed by atoms with Crippen LogP contribution in [0.4, 0.5) is 0 Å². The number of allylic oxidation sites excluding steroid dienone is 4. The second-order valence-corrected chi connectivity index (χ2v) is 29.7. The van der Waals surface area contributed by atoms with Gasteiger partial charge in [-0.05, 0) is 69.1 Å². The molecule has 0 saturated heterocycles. The molecule has 0 aromatic rings. The van der Waals surface area contributed by atoms with E-state index < -0.39 is 97.5 Å². The molecule has 3 N–H and O–H groups in total. The van der Waals surface area contributed by atoms with Crippen LogP contribution in [0.3, 0.4) is 0 Å². The number of carbonyl (C=O) groups is 4. The Morgan fingerprint density at radius 3 is 0.967 bits per heavy atom. The van der Waals surface area contributed by atoms with Crippen molar-refractivity contribution in [1.82, 2.24) is 0 Å². The lowest BCUT2D eigenvalue weighted by Gasteiger charge is -2.21. The van der Waals surface area contributed by atoms with E-state index in [2.05, 4.69) is 72.8 Å². The largest absolute Gasteiger partial charge is 0.472 e. The molecule has 0 aliphatic rings. The minimum absolute atomic E-state index is 0.0837. The maximum Gasteiger partial charge on any atom is 0.472 e. The predicted octanol–water partition coefficient (Wildman–Crippen LogP) is 20.6. The monoisotopic (exact) mass is 1350 g/mol. The average molecular weight is 1350 g/mol. The third-order valence-corrected chi connectivity index (χ3v) is 18.5. The van der Waals surface area contributed by atoms with Crippen LogP contribution in [-0.2, 0) is 65.4 Å². The van der Waals surface area contributed by atoms with E-state index in [1.165, 1.54) is 135 Å². The Bertz CT molecular complexity index is 1900. The molecule has 0 aliphatic carbocycles. The van der Waals surface area contributed by atoms with E-state index in [0.29, 0.717) is 31.6 Å². The fraction of sp³-hybridized carbons (Fsp3) is 0.890. The van der Waals surface area contributed by atoms with E-state index in [9.17, 15) is 43.2 Å². The molecule has 0 aliphatic heterocycles. The van der Waals surface area contributed by atoms with E-state index in [0.717, 1.165) is 121 Å². The van der Waals surface area contributed by atoms with Gasteiger partial charge in [-0.3, -0.25) is 37.3 Å². The molecule has 0 heterocycles. The lowest BCUT2D eigenvalue weighted by atomic mass is 10.00. The molecule has 0 amide bonds. The van der Waals surface area contributed by atoms with Crippen LogP contribution in [0.15, 0.2) is 24.3 Å². The van der Waals surface area contributed by atoms with Gasteiger partial charge in [0.15, 0.2) is 12.2 Å². The first-order valence-corrected chi connectivity index (χ1v) is 40.2. The Morgan fingerprint density at radius 1 is 0.359 bits per heavy atom. The number of carbonyl (C=O) groups excluding carboxylic acids is 4. The third kappa shape index (κ3) is 64.9. The SMILES string of the molecule is CCCCCC/C=C\C=C/CCCCCCCC(=O)O[C@H](COC(=O)CCCCCCCCCC(C)C)COP(=O)(O)OCC(O)COP(=O)(O)OC[C@@H](COC(=O)CCCCCCCCCCCCCCCCC(C)C)OC(=O)CCCCCCCCC(C)CC. The van der Waals surface area contributed by atoms with Crippen LogP contribution in [0.5, 0.6) is 0 Å². The summed E-state index contributed by atoms with van der Waals surface area (Å²) >= 11 is 0. The summed E-state index contributed by atoms with van der Waals surface area (Å²) in [5.41, 5.74) is 0. The van der Waals surface area contributed by atoms with Crippen LogP contribution >= 0.6 is 15.6 Å². The normalized spacial score (nSPS) is 14.6. The number of hydrogen-bond donors (Lipinski definition) is 3. The molecule has 0 saturated carbocycles. The van der Waals surface area contributed by atoms with Crippen LogP contribution in [-0.4, -0.2) is 96.7 Å². The van der Waals surface area contributed by atoms with E-state index in [4.69, 9.17) is 37.0 Å². The van der Waals surface area contributed by atoms with E-state index in [-0.39, 0.29) is 25.7 Å². The fourth-order valence-electron chi connectivity index (χ4n) is 10.5. The summed E-state index contributed by atoms with van der Waals surface area (Å²) in [5, 5.41) is 10.6. The molecular formula is C73H138O17P2. The second-order valence-electron chi connectivity index (χ2n) is 26.8. The van der Waals surface area contributed by atoms with Gasteiger partial charge in [-0.1, -0.05) is 291 Å². The van der Waals surface area contributed by atoms with Gasteiger partial charge >= 0.3 is 39.5 Å². The summed E-state index contributed by atoms with van der Waals surface area (Å²) in [7, 11) is -9.92. The molecule has 0 spiro atoms. The lowest BCUT2D eigenvalue weighted by Crippen LogP contribution is -2.30. The molecule has 0 aromatic carbocycles. The molecule has 6 atom stereocenters. The van der Waals surface area contributed by atoms with Crippen molar-refractivity contribution in [1.29, 1.82) is 0 Å². The van der Waals surface area contributed by atoms with Gasteiger partial charge in [-0.25, -0.2) is 9.13 Å². The zero-order valence-corrected chi connectivity index (χ0v) is 61.3. The van der Waals surface area contributed by atoms with Crippen molar-refractivity contribution in [3.05, 3.63) is 24.3 Å². The minimum atomic E-state index is -4.96. The van der Waals surface area contributed by atoms with Crippen LogP contribution in [0.1, 0.15) is 344 Å². The number of esters is 4. The number of phosphoric ester groups is 2. The van der Waals surface area contributed by atoms with E-state index in [1.54, 1.807) is 0 Å². The Balaban J connectivity index is 5.24. The molecule has 0 rings (SSSR count). The van der Waals surface area contributed by atoms with Gasteiger partial charge in [0, 0.05) is 25.7 Å². The van der Waals surface area contributed by atoms with Crippen LogP contribution in [0.2, 0.25) is 0 Å². The molecule has 92 heavy (non-hydrogen) atoms. The molecule has 4 unspecified atom stereocenters. The summed E-state index contributed by atoms with van der Waals surface area (Å²) in [4.78, 5) is 72.6. The average Bonchev–Trinajstić information content (AvgIpc) is 1.69. The van der Waals surface area contributed by atoms with Gasteiger partial charge < -0.3 is 33.8 Å². The van der Waals surface area contributed by atoms with Crippen LogP contribution < -0.4 is 0 Å². The van der Waals surface area contributed by atoms with Gasteiger partial charge in [0.05, 0.1) is 26.4 Å². The summed E-state index contributed by atoms with van der Waals surface area (Å²) in [6.07, 6.45) is 50.9. The summed E-state index contributed by atoms with van der Waals surface area (Å²) in [6, 6.07) is 0. The Morgan fingerprint density at radius 2 is 0.641 bits per heavy atom. The Labute approximate surface area is 561 Å². The van der Waals surface area contributed by atoms with E-state index >= 15 is 0 Å². The second kappa shape index (κ2) is 63.3. The zero-order chi connectivity index (χ0) is 68.0. The first-order chi connectivity index (χ1) is 44.3. The molecule has 17 nitrogen and oxygen atoms in total. The first kappa shape index (κ1) is 89.5. The standard InChI is InChI=1S/C73H138O17P2/c1-8-10-11-12-13-14-15-16-17-22-25-28-33-42-49-56-72(77)89-68(60-84-71(76)55-48-41-34-29-31-38-45-52-65(5)6)62-87-91(79,80)85-58-67(74)59-86-92(81,82)88-63-69(90-73(78)57-50-43-36-35-39-46-53-66(7)9-2)61-83-70(75)54-47-40-32-27-24-21-19-18-20-23-26-30-37-44-51-64(3)4/h14-17,64-69,74H,8-13,18-63H2,1-7H3,(H,79,80)(H,81,82)/b15-14-,17-16-/t66?,67?,68-,69-/m1/s1. The van der Waals surface area contributed by atoms with Gasteiger partial charge in [0.25, 0.3) is 0 Å². The van der Waals surface area contributed by atoms with Crippen LogP contribution in [0.25, 0.3) is 0 Å². The zero-order valence-electron chi connectivity index (χ0n) is 59.5.